The normalized spacial score (nSPS) is 11.6. The number of hydrogen-bond donors (Lipinski definition) is 1. The molecule has 0 aliphatic rings. The lowest BCUT2D eigenvalue weighted by molar-refractivity contribution is -0.137. The highest BCUT2D eigenvalue weighted by Gasteiger charge is 2.30. The molecule has 1 aromatic heterocycles. The molecule has 4 rings (SSSR count). The number of amides is 1. The summed E-state index contributed by atoms with van der Waals surface area (Å²) in [5.74, 6) is -0.168. The summed E-state index contributed by atoms with van der Waals surface area (Å²) in [6, 6.07) is 19.7. The number of fused-ring (bicyclic) bond motifs is 1. The summed E-state index contributed by atoms with van der Waals surface area (Å²) in [4.78, 5) is 25.1. The third-order valence-electron chi connectivity index (χ3n) is 5.52. The summed E-state index contributed by atoms with van der Waals surface area (Å²) in [6.07, 6.45) is -3.53. The largest absolute Gasteiger partial charge is 0.416 e. The van der Waals surface area contributed by atoms with E-state index in [-0.39, 0.29) is 18.0 Å². The maximum Gasteiger partial charge on any atom is 0.416 e. The van der Waals surface area contributed by atoms with Crippen molar-refractivity contribution in [1.29, 1.82) is 0 Å². The van der Waals surface area contributed by atoms with Crippen molar-refractivity contribution >= 4 is 22.5 Å². The molecule has 3 aromatic carbocycles. The second-order valence-electron chi connectivity index (χ2n) is 7.85. The Bertz CT molecular complexity index is 1360. The van der Waals surface area contributed by atoms with Gasteiger partial charge in [0.1, 0.15) is 0 Å². The van der Waals surface area contributed by atoms with Crippen LogP contribution < -0.4 is 10.9 Å². The van der Waals surface area contributed by atoms with Gasteiger partial charge in [-0.15, -0.1) is 0 Å². The Balaban J connectivity index is 1.54. The second kappa shape index (κ2) is 8.97. The predicted molar refractivity (Wildman–Crippen MR) is 121 cm³/mol. The first-order valence-electron chi connectivity index (χ1n) is 10.4. The Hall–Kier alpha value is -3.81. The molecule has 8 heteroatoms. The summed E-state index contributed by atoms with van der Waals surface area (Å²) in [7, 11) is 1.56. The Morgan fingerprint density at radius 3 is 2.39 bits per heavy atom. The van der Waals surface area contributed by atoms with Crippen molar-refractivity contribution in [2.75, 3.05) is 5.32 Å². The minimum Gasteiger partial charge on any atom is -0.326 e. The summed E-state index contributed by atoms with van der Waals surface area (Å²) in [6.45, 7) is 0.0991. The monoisotopic (exact) mass is 453 g/mol. The van der Waals surface area contributed by atoms with Gasteiger partial charge in [0.25, 0.3) is 5.56 Å². The zero-order valence-electron chi connectivity index (χ0n) is 17.9. The average molecular weight is 453 g/mol. The third-order valence-corrected chi connectivity index (χ3v) is 5.52. The highest BCUT2D eigenvalue weighted by atomic mass is 19.4. The number of nitrogens with one attached hydrogen (secondary N) is 1. The fourth-order valence-electron chi connectivity index (χ4n) is 3.79. The van der Waals surface area contributed by atoms with Gasteiger partial charge >= 0.3 is 6.18 Å². The van der Waals surface area contributed by atoms with Crippen LogP contribution in [0, 0.1) is 0 Å². The first-order chi connectivity index (χ1) is 15.7. The third kappa shape index (κ3) is 5.00. The van der Waals surface area contributed by atoms with E-state index in [1.165, 1.54) is 10.7 Å². The molecule has 33 heavy (non-hydrogen) atoms. The van der Waals surface area contributed by atoms with Crippen LogP contribution in [0.1, 0.15) is 23.1 Å². The molecule has 4 aromatic rings. The zero-order chi connectivity index (χ0) is 23.6. The summed E-state index contributed by atoms with van der Waals surface area (Å²) < 4.78 is 42.1. The van der Waals surface area contributed by atoms with Crippen molar-refractivity contribution in [2.45, 2.75) is 25.6 Å². The van der Waals surface area contributed by atoms with Crippen LogP contribution in [-0.2, 0) is 31.0 Å². The van der Waals surface area contributed by atoms with Crippen molar-refractivity contribution in [3.8, 4) is 0 Å². The van der Waals surface area contributed by atoms with Gasteiger partial charge in [0.05, 0.1) is 23.0 Å². The lowest BCUT2D eigenvalue weighted by Gasteiger charge is -2.12. The number of carbonyl (C=O) groups excluding carboxylic acids is 1. The van der Waals surface area contributed by atoms with Crippen LogP contribution in [0.2, 0.25) is 0 Å². The Morgan fingerprint density at radius 1 is 0.939 bits per heavy atom. The fourth-order valence-corrected chi connectivity index (χ4v) is 3.79. The van der Waals surface area contributed by atoms with Gasteiger partial charge in [0, 0.05) is 19.2 Å². The minimum atomic E-state index is -4.44. The van der Waals surface area contributed by atoms with E-state index in [0.29, 0.717) is 35.0 Å². The first-order valence-corrected chi connectivity index (χ1v) is 10.4. The average Bonchev–Trinajstić information content (AvgIpc) is 3.02. The SMILES string of the molecule is Cn1c(=O)c2cc(NC(=O)CCc3ccccc3)ccc2n1Cc1cccc(C(F)(F)F)c1. The fraction of sp³-hybridized carbons (Fsp3) is 0.200. The number of anilines is 1. The van der Waals surface area contributed by atoms with Crippen LogP contribution in [0.5, 0.6) is 0 Å². The van der Waals surface area contributed by atoms with E-state index in [4.69, 9.17) is 0 Å². The Labute approximate surface area is 188 Å². The van der Waals surface area contributed by atoms with Crippen molar-refractivity contribution in [3.63, 3.8) is 0 Å². The molecule has 0 fully saturated rings. The lowest BCUT2D eigenvalue weighted by atomic mass is 10.1. The molecule has 0 aliphatic heterocycles. The number of aromatic nitrogens is 2. The molecule has 0 saturated heterocycles. The molecule has 1 N–H and O–H groups in total. The summed E-state index contributed by atoms with van der Waals surface area (Å²) in [5, 5.41) is 3.19. The van der Waals surface area contributed by atoms with Crippen LogP contribution >= 0.6 is 0 Å². The standard InChI is InChI=1S/C25H22F3N3O2/c1-30-24(33)21-15-20(29-23(32)13-10-17-6-3-2-4-7-17)11-12-22(21)31(30)16-18-8-5-9-19(14-18)25(26,27)28/h2-9,11-12,14-15H,10,13,16H2,1H3,(H,29,32). The van der Waals surface area contributed by atoms with Gasteiger partial charge in [-0.05, 0) is 47.9 Å². The summed E-state index contributed by atoms with van der Waals surface area (Å²) in [5.41, 5.74) is 1.52. The highest BCUT2D eigenvalue weighted by Crippen LogP contribution is 2.30. The van der Waals surface area contributed by atoms with E-state index in [2.05, 4.69) is 5.32 Å². The molecule has 0 saturated carbocycles. The molecule has 0 radical (unpaired) electrons. The summed E-state index contributed by atoms with van der Waals surface area (Å²) >= 11 is 0. The van der Waals surface area contributed by atoms with E-state index >= 15 is 0 Å². The zero-order valence-corrected chi connectivity index (χ0v) is 17.9. The van der Waals surface area contributed by atoms with Crippen molar-refractivity contribution < 1.29 is 18.0 Å². The van der Waals surface area contributed by atoms with Crippen molar-refractivity contribution in [1.82, 2.24) is 9.36 Å². The number of alkyl halides is 3. The number of rotatable bonds is 6. The van der Waals surface area contributed by atoms with Gasteiger partial charge in [-0.25, -0.2) is 0 Å². The molecule has 0 unspecified atom stereocenters. The van der Waals surface area contributed by atoms with Crippen LogP contribution in [-0.4, -0.2) is 15.3 Å². The lowest BCUT2D eigenvalue weighted by Crippen LogP contribution is -2.19. The maximum atomic E-state index is 13.0. The van der Waals surface area contributed by atoms with E-state index in [9.17, 15) is 22.8 Å². The molecule has 0 aliphatic carbocycles. The van der Waals surface area contributed by atoms with Gasteiger partial charge in [0.15, 0.2) is 0 Å². The van der Waals surface area contributed by atoms with Crippen molar-refractivity contribution in [3.05, 3.63) is 99.8 Å². The number of halogens is 3. The van der Waals surface area contributed by atoms with Gasteiger partial charge in [-0.3, -0.25) is 19.0 Å². The Kier molecular flexibility index (Phi) is 6.09. The topological polar surface area (TPSA) is 56.0 Å². The molecule has 170 valence electrons. The molecular formula is C25H22F3N3O2. The van der Waals surface area contributed by atoms with Crippen LogP contribution in [0.15, 0.2) is 77.6 Å². The van der Waals surface area contributed by atoms with Crippen LogP contribution in [0.4, 0.5) is 18.9 Å². The number of aryl methyl sites for hydroxylation is 1. The van der Waals surface area contributed by atoms with Gasteiger partial charge in [-0.2, -0.15) is 13.2 Å². The number of hydrogen-bond acceptors (Lipinski definition) is 2. The van der Waals surface area contributed by atoms with E-state index < -0.39 is 11.7 Å². The van der Waals surface area contributed by atoms with E-state index in [1.54, 1.807) is 36.0 Å². The molecular weight excluding hydrogens is 431 g/mol. The predicted octanol–water partition coefficient (Wildman–Crippen LogP) is 4.98. The van der Waals surface area contributed by atoms with Gasteiger partial charge in [0.2, 0.25) is 5.91 Å². The van der Waals surface area contributed by atoms with Crippen molar-refractivity contribution in [2.24, 2.45) is 7.05 Å². The molecule has 1 amide bonds. The minimum absolute atomic E-state index is 0.0991. The smallest absolute Gasteiger partial charge is 0.326 e. The van der Waals surface area contributed by atoms with E-state index in [1.807, 2.05) is 30.3 Å². The molecule has 0 atom stereocenters. The number of carbonyl (C=O) groups is 1. The first kappa shape index (κ1) is 22.4. The van der Waals surface area contributed by atoms with Gasteiger partial charge < -0.3 is 5.32 Å². The van der Waals surface area contributed by atoms with Crippen LogP contribution in [0.3, 0.4) is 0 Å². The van der Waals surface area contributed by atoms with E-state index in [0.717, 1.165) is 17.7 Å². The second-order valence-corrected chi connectivity index (χ2v) is 7.85. The quantitative estimate of drug-likeness (QED) is 0.448. The Morgan fingerprint density at radius 2 is 1.67 bits per heavy atom. The maximum absolute atomic E-state index is 13.0. The molecule has 0 spiro atoms. The number of nitrogens with zero attached hydrogens (tertiary/aromatic N) is 2. The van der Waals surface area contributed by atoms with Crippen LogP contribution in [0.25, 0.3) is 10.9 Å². The van der Waals surface area contributed by atoms with Gasteiger partial charge in [-0.1, -0.05) is 42.5 Å². The number of benzene rings is 3. The highest BCUT2D eigenvalue weighted by molar-refractivity contribution is 5.93. The molecule has 1 heterocycles. The molecule has 5 nitrogen and oxygen atoms in total. The molecule has 0 bridgehead atoms.